The number of hydrogen-bond acceptors (Lipinski definition) is 5. The number of amides is 1. The molecule has 0 atom stereocenters. The van der Waals surface area contributed by atoms with Crippen molar-refractivity contribution < 1.29 is 9.59 Å². The molecule has 0 aliphatic carbocycles. The first kappa shape index (κ1) is 23.5. The molecule has 0 spiro atoms. The third-order valence-electron chi connectivity index (χ3n) is 5.24. The van der Waals surface area contributed by atoms with Crippen molar-refractivity contribution in [1.29, 1.82) is 0 Å². The summed E-state index contributed by atoms with van der Waals surface area (Å²) < 4.78 is 0. The first-order valence-electron chi connectivity index (χ1n) is 11.0. The second kappa shape index (κ2) is 11.0. The van der Waals surface area contributed by atoms with Crippen LogP contribution < -0.4 is 11.5 Å². The molecule has 176 valence electrons. The molecular formula is C26H25N7O2. The summed E-state index contributed by atoms with van der Waals surface area (Å²) in [6.45, 7) is 1.97. The fraction of sp³-hybridized carbons (Fsp3) is 0.115. The summed E-state index contributed by atoms with van der Waals surface area (Å²) in [4.78, 5) is 42.2. The van der Waals surface area contributed by atoms with Gasteiger partial charge in [0.2, 0.25) is 5.78 Å². The van der Waals surface area contributed by atoms with Crippen molar-refractivity contribution in [1.82, 2.24) is 19.9 Å². The molecule has 0 bridgehead atoms. The minimum atomic E-state index is -0.639. The summed E-state index contributed by atoms with van der Waals surface area (Å²) in [6.07, 6.45) is 3.57. The summed E-state index contributed by atoms with van der Waals surface area (Å²) in [5.74, 6) is -1.22. The Morgan fingerprint density at radius 1 is 0.771 bits per heavy atom. The average Bonchev–Trinajstić information content (AvgIpc) is 3.36. The van der Waals surface area contributed by atoms with Crippen LogP contribution in [0.2, 0.25) is 0 Å². The number of carbonyl (C=O) groups is 2. The number of rotatable bonds is 9. The molecule has 4 rings (SSSR count). The van der Waals surface area contributed by atoms with Crippen LogP contribution in [0.5, 0.6) is 0 Å². The molecule has 0 saturated carbocycles. The number of guanidine groups is 1. The lowest BCUT2D eigenvalue weighted by atomic mass is 10.1. The monoisotopic (exact) mass is 467 g/mol. The van der Waals surface area contributed by atoms with Gasteiger partial charge < -0.3 is 16.5 Å². The molecule has 4 aromatic rings. The topological polar surface area (TPSA) is 143 Å². The van der Waals surface area contributed by atoms with E-state index >= 15 is 0 Å². The van der Waals surface area contributed by atoms with Crippen LogP contribution in [0, 0.1) is 0 Å². The smallest absolute Gasteiger partial charge is 0.296 e. The highest BCUT2D eigenvalue weighted by atomic mass is 16.1. The SMILES string of the molecule is NC(N)=NC(=O)c1ccc(C(=O)c2ccc(CN(Cc3ccccn3)Cc3ccccn3)cc2)[nH]1. The van der Waals surface area contributed by atoms with E-state index < -0.39 is 5.91 Å². The largest absolute Gasteiger partial charge is 0.370 e. The number of ketones is 1. The molecule has 0 unspecified atom stereocenters. The van der Waals surface area contributed by atoms with Gasteiger partial charge in [-0.1, -0.05) is 36.4 Å². The fourth-order valence-corrected chi connectivity index (χ4v) is 3.61. The number of hydrogen-bond donors (Lipinski definition) is 3. The minimum absolute atomic E-state index is 0.137. The van der Waals surface area contributed by atoms with Crippen molar-refractivity contribution in [2.75, 3.05) is 0 Å². The lowest BCUT2D eigenvalue weighted by molar-refractivity contribution is 0.0998. The molecule has 1 aromatic carbocycles. The predicted octanol–water partition coefficient (Wildman–Crippen LogP) is 2.65. The predicted molar refractivity (Wildman–Crippen MR) is 132 cm³/mol. The van der Waals surface area contributed by atoms with Crippen molar-refractivity contribution >= 4 is 17.6 Å². The quantitative estimate of drug-likeness (QED) is 0.195. The Labute approximate surface area is 202 Å². The number of carbonyl (C=O) groups excluding carboxylic acids is 2. The molecule has 3 heterocycles. The van der Waals surface area contributed by atoms with Gasteiger partial charge >= 0.3 is 0 Å². The Balaban J connectivity index is 1.47. The highest BCUT2D eigenvalue weighted by Crippen LogP contribution is 2.16. The van der Waals surface area contributed by atoms with Crippen LogP contribution >= 0.6 is 0 Å². The summed E-state index contributed by atoms with van der Waals surface area (Å²) in [5, 5.41) is 0. The summed E-state index contributed by atoms with van der Waals surface area (Å²) in [6, 6.07) is 22.1. The number of aliphatic imine (C=N–C) groups is 1. The zero-order chi connectivity index (χ0) is 24.6. The van der Waals surface area contributed by atoms with Crippen molar-refractivity contribution in [2.24, 2.45) is 16.5 Å². The van der Waals surface area contributed by atoms with Crippen molar-refractivity contribution in [3.05, 3.63) is 119 Å². The zero-order valence-electron chi connectivity index (χ0n) is 19.0. The Morgan fingerprint density at radius 3 is 1.91 bits per heavy atom. The van der Waals surface area contributed by atoms with Crippen molar-refractivity contribution in [3.63, 3.8) is 0 Å². The summed E-state index contributed by atoms with van der Waals surface area (Å²) in [5.41, 5.74) is 14.4. The normalized spacial score (nSPS) is 10.8. The van der Waals surface area contributed by atoms with Crippen LogP contribution in [-0.4, -0.2) is 37.5 Å². The lowest BCUT2D eigenvalue weighted by Crippen LogP contribution is -2.24. The highest BCUT2D eigenvalue weighted by Gasteiger charge is 2.15. The van der Waals surface area contributed by atoms with E-state index in [1.165, 1.54) is 12.1 Å². The molecule has 0 saturated heterocycles. The molecule has 5 N–H and O–H groups in total. The number of aromatic amines is 1. The van der Waals surface area contributed by atoms with Crippen molar-refractivity contribution in [2.45, 2.75) is 19.6 Å². The zero-order valence-corrected chi connectivity index (χ0v) is 19.0. The first-order chi connectivity index (χ1) is 17.0. The minimum Gasteiger partial charge on any atom is -0.370 e. The third-order valence-corrected chi connectivity index (χ3v) is 5.24. The molecule has 1 amide bonds. The number of nitrogens with zero attached hydrogens (tertiary/aromatic N) is 4. The van der Waals surface area contributed by atoms with E-state index in [1.807, 2.05) is 48.5 Å². The number of nitrogens with two attached hydrogens (primary N) is 2. The molecule has 0 aliphatic rings. The van der Waals surface area contributed by atoms with Gasteiger partial charge in [-0.15, -0.1) is 0 Å². The maximum Gasteiger partial charge on any atom is 0.296 e. The average molecular weight is 468 g/mol. The van der Waals surface area contributed by atoms with Gasteiger partial charge in [-0.25, -0.2) is 0 Å². The molecule has 35 heavy (non-hydrogen) atoms. The van der Waals surface area contributed by atoms with Gasteiger partial charge in [0.15, 0.2) is 5.96 Å². The van der Waals surface area contributed by atoms with Crippen LogP contribution in [0.3, 0.4) is 0 Å². The lowest BCUT2D eigenvalue weighted by Gasteiger charge is -2.22. The molecule has 3 aromatic heterocycles. The first-order valence-corrected chi connectivity index (χ1v) is 11.0. The van der Waals surface area contributed by atoms with E-state index in [0.29, 0.717) is 25.2 Å². The molecule has 9 nitrogen and oxygen atoms in total. The second-order valence-corrected chi connectivity index (χ2v) is 7.94. The molecule has 0 radical (unpaired) electrons. The molecule has 9 heteroatoms. The van der Waals surface area contributed by atoms with E-state index in [0.717, 1.165) is 17.0 Å². The van der Waals surface area contributed by atoms with Gasteiger partial charge in [-0.05, 0) is 42.0 Å². The van der Waals surface area contributed by atoms with Crippen LogP contribution in [0.15, 0.2) is 90.2 Å². The number of H-pyrrole nitrogens is 1. The molecule has 0 aliphatic heterocycles. The van der Waals surface area contributed by atoms with Crippen LogP contribution in [0.4, 0.5) is 0 Å². The van der Waals surface area contributed by atoms with Gasteiger partial charge in [0.05, 0.1) is 17.1 Å². The van der Waals surface area contributed by atoms with Crippen LogP contribution in [0.1, 0.15) is 43.5 Å². The molecular weight excluding hydrogens is 442 g/mol. The van der Waals surface area contributed by atoms with E-state index in [9.17, 15) is 9.59 Å². The standard InChI is InChI=1S/C26H25N7O2/c27-26(28)32-25(35)23-12-11-22(31-23)24(34)19-9-7-18(8-10-19)15-33(16-20-5-1-3-13-29-20)17-21-6-2-4-14-30-21/h1-14,31H,15-17H2,(H4,27,28,32,35). The van der Waals surface area contributed by atoms with Crippen molar-refractivity contribution in [3.8, 4) is 0 Å². The summed E-state index contributed by atoms with van der Waals surface area (Å²) in [7, 11) is 0. The second-order valence-electron chi connectivity index (χ2n) is 7.94. The van der Waals surface area contributed by atoms with Gasteiger partial charge in [0.25, 0.3) is 5.91 Å². The van der Waals surface area contributed by atoms with Gasteiger partial charge in [-0.3, -0.25) is 24.5 Å². The molecule has 0 fully saturated rings. The Kier molecular flexibility index (Phi) is 7.39. The Morgan fingerprint density at radius 2 is 1.37 bits per heavy atom. The van der Waals surface area contributed by atoms with Gasteiger partial charge in [-0.2, -0.15) is 4.99 Å². The van der Waals surface area contributed by atoms with E-state index in [2.05, 4.69) is 24.8 Å². The maximum absolute atomic E-state index is 12.9. The fourth-order valence-electron chi connectivity index (χ4n) is 3.61. The Hall–Kier alpha value is -4.63. The van der Waals surface area contributed by atoms with Gasteiger partial charge in [0.1, 0.15) is 5.69 Å². The van der Waals surface area contributed by atoms with Crippen LogP contribution in [0.25, 0.3) is 0 Å². The highest BCUT2D eigenvalue weighted by molar-refractivity contribution is 6.09. The van der Waals surface area contributed by atoms with E-state index in [-0.39, 0.29) is 23.1 Å². The number of benzene rings is 1. The van der Waals surface area contributed by atoms with Crippen LogP contribution in [-0.2, 0) is 19.6 Å². The number of aromatic nitrogens is 3. The Bertz CT molecular complexity index is 1270. The van der Waals surface area contributed by atoms with E-state index in [4.69, 9.17) is 11.5 Å². The van der Waals surface area contributed by atoms with E-state index in [1.54, 1.807) is 24.5 Å². The number of nitrogens with one attached hydrogen (secondary N) is 1. The number of pyridine rings is 2. The third kappa shape index (κ3) is 6.46. The van der Waals surface area contributed by atoms with Gasteiger partial charge in [0, 0.05) is 37.6 Å². The maximum atomic E-state index is 12.9. The summed E-state index contributed by atoms with van der Waals surface area (Å²) >= 11 is 0.